The van der Waals surface area contributed by atoms with Gasteiger partial charge in [0.1, 0.15) is 0 Å². The molecule has 1 fully saturated rings. The third-order valence-electron chi connectivity index (χ3n) is 4.49. The third-order valence-corrected chi connectivity index (χ3v) is 7.31. The largest absolute Gasteiger partial charge is 0.511 e. The summed E-state index contributed by atoms with van der Waals surface area (Å²) in [4.78, 5) is 8.67. The summed E-state index contributed by atoms with van der Waals surface area (Å²) in [5.41, 5.74) is -4.32. The summed E-state index contributed by atoms with van der Waals surface area (Å²) in [5, 5.41) is 9.37. The predicted molar refractivity (Wildman–Crippen MR) is 104 cm³/mol. The lowest BCUT2D eigenvalue weighted by atomic mass is 9.98. The molecule has 1 aromatic heterocycles. The van der Waals surface area contributed by atoms with Gasteiger partial charge in [-0.05, 0) is 18.8 Å². The second kappa shape index (κ2) is 9.40. The molecule has 0 bridgehead atoms. The highest BCUT2D eigenvalue weighted by Crippen LogP contribution is 2.30. The number of nitrogens with one attached hydrogen (secondary N) is 2. The maximum absolute atomic E-state index is 12.6. The van der Waals surface area contributed by atoms with Gasteiger partial charge < -0.3 is 10.6 Å². The number of aliphatic imine (C=N–C) groups is 1. The van der Waals surface area contributed by atoms with E-state index < -0.39 is 15.5 Å². The molecule has 12 heteroatoms. The Morgan fingerprint density at radius 2 is 2.00 bits per heavy atom. The van der Waals surface area contributed by atoms with Crippen molar-refractivity contribution in [3.8, 4) is 0 Å². The van der Waals surface area contributed by atoms with Gasteiger partial charge in [-0.1, -0.05) is 13.8 Å². The van der Waals surface area contributed by atoms with Crippen LogP contribution in [0.2, 0.25) is 0 Å². The lowest BCUT2D eigenvalue weighted by Crippen LogP contribution is -2.47. The van der Waals surface area contributed by atoms with Crippen molar-refractivity contribution in [3.63, 3.8) is 0 Å². The number of hydrogen-bond acceptors (Lipinski definition) is 5. The molecule has 1 saturated heterocycles. The number of alkyl halides is 3. The molecule has 0 atom stereocenters. The topological polar surface area (TPSA) is 86.7 Å². The first-order valence-electron chi connectivity index (χ1n) is 8.99. The molecule has 0 unspecified atom stereocenters. The number of thiazole rings is 1. The minimum atomic E-state index is -5.24. The lowest BCUT2D eigenvalue weighted by Gasteiger charge is -2.31. The molecule has 0 amide bonds. The second-order valence-corrected chi connectivity index (χ2v) is 9.75. The highest BCUT2D eigenvalue weighted by Gasteiger charge is 2.50. The van der Waals surface area contributed by atoms with Crippen molar-refractivity contribution in [1.29, 1.82) is 0 Å². The van der Waals surface area contributed by atoms with Crippen LogP contribution in [0.1, 0.15) is 43.3 Å². The maximum atomic E-state index is 12.6. The highest BCUT2D eigenvalue weighted by molar-refractivity contribution is 7.90. The van der Waals surface area contributed by atoms with Crippen LogP contribution in [0, 0.1) is 5.92 Å². The van der Waals surface area contributed by atoms with Crippen LogP contribution in [0.3, 0.4) is 0 Å². The zero-order chi connectivity index (χ0) is 20.9. The molecule has 0 aromatic carbocycles. The average Bonchev–Trinajstić information content (AvgIpc) is 3.10. The molecule has 0 aliphatic carbocycles. The fourth-order valence-corrected chi connectivity index (χ4v) is 4.62. The standard InChI is InChI=1S/C16H26F3N5O2S2/c1-11(2)14-23-13(10-27-14)9-22-15(20-3)21-8-12-4-6-24(7-5-12)28(25,26)16(17,18)19/h10-12H,4-9H2,1-3H3,(H2,20,21,22). The Morgan fingerprint density at radius 3 is 2.50 bits per heavy atom. The van der Waals surface area contributed by atoms with Gasteiger partial charge in [0.15, 0.2) is 5.96 Å². The summed E-state index contributed by atoms with van der Waals surface area (Å²) in [7, 11) is -3.60. The molecule has 28 heavy (non-hydrogen) atoms. The summed E-state index contributed by atoms with van der Waals surface area (Å²) < 4.78 is 61.2. The Kier molecular flexibility index (Phi) is 7.68. The van der Waals surface area contributed by atoms with E-state index in [0.29, 0.717) is 42.1 Å². The molecule has 1 aromatic rings. The van der Waals surface area contributed by atoms with Crippen LogP contribution in [0.25, 0.3) is 0 Å². The van der Waals surface area contributed by atoms with Crippen LogP contribution >= 0.6 is 11.3 Å². The summed E-state index contributed by atoms with van der Waals surface area (Å²) in [5.74, 6) is 1.03. The molecule has 160 valence electrons. The molecular weight excluding hydrogens is 415 g/mol. The number of piperidine rings is 1. The minimum Gasteiger partial charge on any atom is -0.356 e. The van der Waals surface area contributed by atoms with Crippen LogP contribution in [0.5, 0.6) is 0 Å². The first kappa shape index (κ1) is 22.9. The predicted octanol–water partition coefficient (Wildman–Crippen LogP) is 2.49. The molecule has 1 aliphatic heterocycles. The number of hydrogen-bond donors (Lipinski definition) is 2. The van der Waals surface area contributed by atoms with E-state index in [1.165, 1.54) is 0 Å². The number of nitrogens with zero attached hydrogens (tertiary/aromatic N) is 3. The van der Waals surface area contributed by atoms with Crippen LogP contribution in [0.15, 0.2) is 10.4 Å². The Hall–Kier alpha value is -1.40. The van der Waals surface area contributed by atoms with Gasteiger partial charge in [-0.3, -0.25) is 4.99 Å². The van der Waals surface area contributed by atoms with Gasteiger partial charge in [0, 0.05) is 38.0 Å². The Bertz CT molecular complexity index is 769. The molecule has 2 heterocycles. The highest BCUT2D eigenvalue weighted by atomic mass is 32.2. The van der Waals surface area contributed by atoms with E-state index in [2.05, 4.69) is 34.5 Å². The van der Waals surface area contributed by atoms with Gasteiger partial charge >= 0.3 is 15.5 Å². The van der Waals surface area contributed by atoms with Gasteiger partial charge in [-0.25, -0.2) is 13.4 Å². The van der Waals surface area contributed by atoms with Crippen molar-refractivity contribution in [2.75, 3.05) is 26.7 Å². The Labute approximate surface area is 167 Å². The number of aromatic nitrogens is 1. The maximum Gasteiger partial charge on any atom is 0.511 e. The number of rotatable bonds is 6. The first-order valence-corrected chi connectivity index (χ1v) is 11.3. The van der Waals surface area contributed by atoms with E-state index in [1.807, 2.05) is 5.38 Å². The van der Waals surface area contributed by atoms with Crippen molar-refractivity contribution < 1.29 is 21.6 Å². The van der Waals surface area contributed by atoms with Crippen LogP contribution in [-0.2, 0) is 16.6 Å². The molecule has 1 aliphatic rings. The van der Waals surface area contributed by atoms with Crippen LogP contribution in [-0.4, -0.2) is 55.9 Å². The molecule has 0 saturated carbocycles. The molecule has 0 radical (unpaired) electrons. The lowest BCUT2D eigenvalue weighted by molar-refractivity contribution is -0.0496. The van der Waals surface area contributed by atoms with Crippen molar-refractivity contribution in [3.05, 3.63) is 16.1 Å². The van der Waals surface area contributed by atoms with Crippen molar-refractivity contribution in [2.24, 2.45) is 10.9 Å². The summed E-state index contributed by atoms with van der Waals surface area (Å²) in [6.07, 6.45) is 0.728. The second-order valence-electron chi connectivity index (χ2n) is 6.93. The van der Waals surface area contributed by atoms with Crippen molar-refractivity contribution in [1.82, 2.24) is 19.9 Å². The molecule has 2 rings (SSSR count). The molecular formula is C16H26F3N5O2S2. The zero-order valence-electron chi connectivity index (χ0n) is 16.1. The van der Waals surface area contributed by atoms with E-state index in [-0.39, 0.29) is 19.0 Å². The van der Waals surface area contributed by atoms with Gasteiger partial charge in [-0.2, -0.15) is 17.5 Å². The fourth-order valence-electron chi connectivity index (χ4n) is 2.81. The number of halogens is 3. The SMILES string of the molecule is CN=C(NCc1csc(C(C)C)n1)NCC1CCN(S(=O)(=O)C(F)(F)F)CC1. The van der Waals surface area contributed by atoms with Crippen molar-refractivity contribution >= 4 is 27.3 Å². The molecule has 7 nitrogen and oxygen atoms in total. The van der Waals surface area contributed by atoms with E-state index in [0.717, 1.165) is 10.7 Å². The quantitative estimate of drug-likeness (QED) is 0.523. The normalized spacial score (nSPS) is 17.9. The minimum absolute atomic E-state index is 0.0741. The van der Waals surface area contributed by atoms with E-state index >= 15 is 0 Å². The third kappa shape index (κ3) is 5.80. The van der Waals surface area contributed by atoms with Gasteiger partial charge in [0.2, 0.25) is 0 Å². The fraction of sp³-hybridized carbons (Fsp3) is 0.750. The van der Waals surface area contributed by atoms with Crippen molar-refractivity contribution in [2.45, 2.75) is 44.7 Å². The first-order chi connectivity index (χ1) is 13.0. The number of guanidine groups is 1. The zero-order valence-corrected chi connectivity index (χ0v) is 17.7. The van der Waals surface area contributed by atoms with Crippen LogP contribution in [0.4, 0.5) is 13.2 Å². The van der Waals surface area contributed by atoms with E-state index in [1.54, 1.807) is 18.4 Å². The van der Waals surface area contributed by atoms with Crippen LogP contribution < -0.4 is 10.6 Å². The van der Waals surface area contributed by atoms with E-state index in [9.17, 15) is 21.6 Å². The summed E-state index contributed by atoms with van der Waals surface area (Å²) >= 11 is 1.61. The summed E-state index contributed by atoms with van der Waals surface area (Å²) in [6.45, 7) is 4.94. The van der Waals surface area contributed by atoms with Gasteiger partial charge in [-0.15, -0.1) is 11.3 Å². The smallest absolute Gasteiger partial charge is 0.356 e. The average molecular weight is 442 g/mol. The monoisotopic (exact) mass is 441 g/mol. The van der Waals surface area contributed by atoms with E-state index in [4.69, 9.17) is 0 Å². The van der Waals surface area contributed by atoms with Gasteiger partial charge in [0.05, 0.1) is 17.2 Å². The molecule has 2 N–H and O–H groups in total. The number of sulfonamides is 1. The molecule has 0 spiro atoms. The Morgan fingerprint density at radius 1 is 1.36 bits per heavy atom. The summed E-state index contributed by atoms with van der Waals surface area (Å²) in [6, 6.07) is 0. The Balaban J connectivity index is 1.77. The van der Waals surface area contributed by atoms with Gasteiger partial charge in [0.25, 0.3) is 0 Å².